The maximum absolute atomic E-state index is 15.3. The van der Waals surface area contributed by atoms with Gasteiger partial charge in [0.05, 0.1) is 23.6 Å². The molecular weight excluding hydrogens is 428 g/mol. The number of quaternary nitrogens is 1. The van der Waals surface area contributed by atoms with Crippen LogP contribution in [0.25, 0.3) is 10.9 Å². The molecule has 2 aromatic rings. The summed E-state index contributed by atoms with van der Waals surface area (Å²) in [5, 5.41) is 0.129. The third-order valence-corrected chi connectivity index (χ3v) is 5.93. The molecule has 9 heteroatoms. The molecule has 1 aromatic carbocycles. The highest BCUT2D eigenvalue weighted by molar-refractivity contribution is 5.99. The number of rotatable bonds is 5. The lowest BCUT2D eigenvalue weighted by Crippen LogP contribution is -3.00. The molecule has 2 aliphatic rings. The third-order valence-electron chi connectivity index (χ3n) is 5.93. The summed E-state index contributed by atoms with van der Waals surface area (Å²) in [6.07, 6.45) is 4.69. The van der Waals surface area contributed by atoms with E-state index in [-0.39, 0.29) is 65.5 Å². The van der Waals surface area contributed by atoms with Crippen LogP contribution in [-0.4, -0.2) is 37.1 Å². The molecule has 1 aromatic heterocycles. The number of ether oxygens (including phenoxy) is 1. The van der Waals surface area contributed by atoms with Crippen molar-refractivity contribution in [2.75, 3.05) is 31.6 Å². The average Bonchev–Trinajstić information content (AvgIpc) is 3.58. The Hall–Kier alpha value is -2.45. The Balaban J connectivity index is 0.00000272. The van der Waals surface area contributed by atoms with Crippen LogP contribution in [0.2, 0.25) is 0 Å². The molecule has 168 valence electrons. The lowest BCUT2D eigenvalue weighted by molar-refractivity contribution is -0.359. The molecule has 0 spiro atoms. The largest absolute Gasteiger partial charge is 1.00 e. The molecule has 1 aliphatic carbocycles. The van der Waals surface area contributed by atoms with Crippen molar-refractivity contribution in [1.29, 1.82) is 0 Å². The minimum absolute atomic E-state index is 0. The first kappa shape index (κ1) is 23.2. The highest BCUT2D eigenvalue weighted by atomic mass is 35.5. The molecule has 1 saturated carbocycles. The standard InChI is InChI=1S/C22H25F2N3O3.ClH/c1-12(28)16-11-27(14-5-6-14)19-15(21(16)29)8-17(23)20(22(19)30-2)26-7-3-4-13(10-26)18(24)9-25;/h8,11,14H,3-7,9-10,25H2,1-2H3;1H/b18-13+;. The number of carbonyl (C=O) groups is 1. The Morgan fingerprint density at radius 3 is 2.65 bits per heavy atom. The zero-order valence-electron chi connectivity index (χ0n) is 17.6. The Kier molecular flexibility index (Phi) is 6.71. The monoisotopic (exact) mass is 453 g/mol. The van der Waals surface area contributed by atoms with Gasteiger partial charge in [0.25, 0.3) is 0 Å². The number of aromatic nitrogens is 1. The summed E-state index contributed by atoms with van der Waals surface area (Å²) in [6.45, 7) is 2.20. The molecule has 31 heavy (non-hydrogen) atoms. The van der Waals surface area contributed by atoms with Gasteiger partial charge < -0.3 is 32.3 Å². The van der Waals surface area contributed by atoms with Crippen LogP contribution in [0.5, 0.6) is 5.75 Å². The second-order valence-corrected chi connectivity index (χ2v) is 7.99. The molecule has 6 nitrogen and oxygen atoms in total. The molecule has 0 bridgehead atoms. The molecule has 2 fully saturated rings. The fraction of sp³-hybridized carbons (Fsp3) is 0.455. The zero-order valence-corrected chi connectivity index (χ0v) is 18.4. The molecule has 1 saturated heterocycles. The number of nitrogens with zero attached hydrogens (tertiary/aromatic N) is 2. The van der Waals surface area contributed by atoms with E-state index >= 15 is 4.39 Å². The first-order valence-corrected chi connectivity index (χ1v) is 10.2. The van der Waals surface area contributed by atoms with Crippen LogP contribution in [0.4, 0.5) is 14.5 Å². The van der Waals surface area contributed by atoms with Crippen LogP contribution in [0, 0.1) is 5.82 Å². The number of benzene rings is 1. The number of halogens is 3. The van der Waals surface area contributed by atoms with Gasteiger partial charge in [0, 0.05) is 25.3 Å². The first-order chi connectivity index (χ1) is 14.4. The predicted molar refractivity (Wildman–Crippen MR) is 110 cm³/mol. The Morgan fingerprint density at radius 1 is 1.35 bits per heavy atom. The Morgan fingerprint density at radius 2 is 2.06 bits per heavy atom. The quantitative estimate of drug-likeness (QED) is 0.634. The maximum Gasteiger partial charge on any atom is 0.200 e. The van der Waals surface area contributed by atoms with E-state index in [1.807, 2.05) is 4.57 Å². The molecule has 0 unspecified atom stereocenters. The van der Waals surface area contributed by atoms with Gasteiger partial charge in [-0.25, -0.2) is 8.78 Å². The van der Waals surface area contributed by atoms with Gasteiger partial charge in [-0.15, -0.1) is 0 Å². The van der Waals surface area contributed by atoms with E-state index in [2.05, 4.69) is 5.73 Å². The number of methoxy groups -OCH3 is 1. The smallest absolute Gasteiger partial charge is 0.200 e. The van der Waals surface area contributed by atoms with Crippen LogP contribution >= 0.6 is 0 Å². The van der Waals surface area contributed by atoms with E-state index in [4.69, 9.17) is 4.74 Å². The molecule has 1 aliphatic heterocycles. The third kappa shape index (κ3) is 4.06. The number of anilines is 1. The van der Waals surface area contributed by atoms with Crippen LogP contribution in [-0.2, 0) is 0 Å². The van der Waals surface area contributed by atoms with Crippen molar-refractivity contribution in [3.8, 4) is 5.75 Å². The fourth-order valence-electron chi connectivity index (χ4n) is 4.28. The lowest BCUT2D eigenvalue weighted by Gasteiger charge is -2.32. The number of fused-ring (bicyclic) bond motifs is 1. The van der Waals surface area contributed by atoms with E-state index in [0.29, 0.717) is 30.5 Å². The molecule has 2 heterocycles. The zero-order chi connectivity index (χ0) is 21.6. The van der Waals surface area contributed by atoms with E-state index < -0.39 is 11.2 Å². The number of Topliss-reactive ketones (excluding diaryl/α,β-unsaturated/α-hetero) is 1. The van der Waals surface area contributed by atoms with Crippen LogP contribution < -0.4 is 33.2 Å². The molecule has 0 radical (unpaired) electrons. The Bertz CT molecular complexity index is 1130. The summed E-state index contributed by atoms with van der Waals surface area (Å²) < 4.78 is 37.0. The molecule has 0 atom stereocenters. The number of hydrogen-bond acceptors (Lipinski definition) is 4. The number of pyridine rings is 1. The fourth-order valence-corrected chi connectivity index (χ4v) is 4.28. The van der Waals surface area contributed by atoms with Gasteiger partial charge in [-0.2, -0.15) is 0 Å². The van der Waals surface area contributed by atoms with Gasteiger partial charge >= 0.3 is 0 Å². The minimum Gasteiger partial charge on any atom is -1.00 e. The van der Waals surface area contributed by atoms with E-state index in [0.717, 1.165) is 12.8 Å². The number of ketones is 1. The SMILES string of the molecule is COc1c(N2CCC/C(=C(\F)C[NH3+])C2)c(F)cc2c(=O)c(C(C)=O)cn(C3CC3)c12.[Cl-]. The second kappa shape index (κ2) is 8.96. The number of hydrogen-bond donors (Lipinski definition) is 1. The van der Waals surface area contributed by atoms with E-state index in [1.165, 1.54) is 20.1 Å². The predicted octanol–water partition coefficient (Wildman–Crippen LogP) is -0.244. The average molecular weight is 454 g/mol. The van der Waals surface area contributed by atoms with Gasteiger partial charge in [-0.3, -0.25) is 9.59 Å². The van der Waals surface area contributed by atoms with Crippen LogP contribution in [0.15, 0.2) is 28.5 Å². The van der Waals surface area contributed by atoms with Crippen molar-refractivity contribution in [1.82, 2.24) is 4.57 Å². The van der Waals surface area contributed by atoms with Crippen LogP contribution in [0.3, 0.4) is 0 Å². The molecular formula is C22H26ClF2N3O3. The highest BCUT2D eigenvalue weighted by Gasteiger charge is 2.31. The highest BCUT2D eigenvalue weighted by Crippen LogP contribution is 2.44. The lowest BCUT2D eigenvalue weighted by atomic mass is 10.0. The van der Waals surface area contributed by atoms with Crippen molar-refractivity contribution >= 4 is 22.4 Å². The summed E-state index contributed by atoms with van der Waals surface area (Å²) in [5.41, 5.74) is 4.48. The second-order valence-electron chi connectivity index (χ2n) is 7.99. The van der Waals surface area contributed by atoms with Gasteiger partial charge in [0.1, 0.15) is 12.2 Å². The van der Waals surface area contributed by atoms with Crippen molar-refractivity contribution in [3.05, 3.63) is 45.3 Å². The summed E-state index contributed by atoms with van der Waals surface area (Å²) in [4.78, 5) is 26.7. The normalized spacial score (nSPS) is 18.0. The molecule has 3 N–H and O–H groups in total. The topological polar surface area (TPSA) is 79.2 Å². The maximum atomic E-state index is 15.3. The van der Waals surface area contributed by atoms with E-state index in [9.17, 15) is 14.0 Å². The number of carbonyl (C=O) groups excluding carboxylic acids is 1. The van der Waals surface area contributed by atoms with Crippen molar-refractivity contribution in [3.63, 3.8) is 0 Å². The van der Waals surface area contributed by atoms with Crippen molar-refractivity contribution in [2.45, 2.75) is 38.6 Å². The summed E-state index contributed by atoms with van der Waals surface area (Å²) in [6, 6.07) is 1.33. The van der Waals surface area contributed by atoms with E-state index in [1.54, 1.807) is 11.1 Å². The van der Waals surface area contributed by atoms with Gasteiger partial charge in [0.2, 0.25) is 0 Å². The number of piperidine rings is 1. The van der Waals surface area contributed by atoms with Gasteiger partial charge in [-0.05, 0) is 44.2 Å². The van der Waals surface area contributed by atoms with Gasteiger partial charge in [0.15, 0.2) is 28.6 Å². The molecule has 4 rings (SSSR count). The van der Waals surface area contributed by atoms with Gasteiger partial charge in [-0.1, -0.05) is 0 Å². The van der Waals surface area contributed by atoms with Crippen LogP contribution in [0.1, 0.15) is 49.0 Å². The summed E-state index contributed by atoms with van der Waals surface area (Å²) in [7, 11) is 1.44. The first-order valence-electron chi connectivity index (χ1n) is 10.2. The molecule has 0 amide bonds. The Labute approximate surface area is 185 Å². The van der Waals surface area contributed by atoms with Crippen molar-refractivity contribution in [2.24, 2.45) is 0 Å². The minimum atomic E-state index is -0.615. The summed E-state index contributed by atoms with van der Waals surface area (Å²) >= 11 is 0. The summed E-state index contributed by atoms with van der Waals surface area (Å²) in [5.74, 6) is -0.980. The van der Waals surface area contributed by atoms with Crippen molar-refractivity contribution < 1.29 is 36.5 Å².